The lowest BCUT2D eigenvalue weighted by Crippen LogP contribution is -2.52. The Morgan fingerprint density at radius 2 is 2.06 bits per heavy atom. The fraction of sp³-hybridized carbons (Fsp3) is 0.923. The molecule has 2 fully saturated rings. The molecule has 1 aliphatic carbocycles. The van der Waals surface area contributed by atoms with E-state index in [0.29, 0.717) is 25.5 Å². The molecule has 1 heterocycles. The summed E-state index contributed by atoms with van der Waals surface area (Å²) in [4.78, 5) is 14.3. The Labute approximate surface area is 103 Å². The molecule has 1 unspecified atom stereocenters. The summed E-state index contributed by atoms with van der Waals surface area (Å²) in [7, 11) is 0. The van der Waals surface area contributed by atoms with E-state index in [9.17, 15) is 4.79 Å². The second-order valence-electron chi connectivity index (χ2n) is 5.05. The highest BCUT2D eigenvalue weighted by molar-refractivity contribution is 5.81. The summed E-state index contributed by atoms with van der Waals surface area (Å²) >= 11 is 0. The van der Waals surface area contributed by atoms with Gasteiger partial charge in [-0.1, -0.05) is 19.3 Å². The predicted octanol–water partition coefficient (Wildman–Crippen LogP) is 1.32. The first kappa shape index (κ1) is 12.8. The largest absolute Gasteiger partial charge is 0.396 e. The van der Waals surface area contributed by atoms with Gasteiger partial charge < -0.3 is 14.7 Å². The molecule has 1 atom stereocenters. The molecule has 17 heavy (non-hydrogen) atoms. The fourth-order valence-corrected chi connectivity index (χ4v) is 2.90. The minimum atomic E-state index is -0.308. The third-order valence-electron chi connectivity index (χ3n) is 3.85. The Balaban J connectivity index is 1.90. The van der Waals surface area contributed by atoms with Gasteiger partial charge in [0.1, 0.15) is 6.10 Å². The standard InChI is InChI=1S/C13H23NO3/c15-9-4-7-12-13(16)14(8-10-17-12)11-5-2-1-3-6-11/h11-12,15H,1-10H2. The van der Waals surface area contributed by atoms with E-state index in [1.54, 1.807) is 0 Å². The van der Waals surface area contributed by atoms with Crippen molar-refractivity contribution in [2.75, 3.05) is 19.8 Å². The van der Waals surface area contributed by atoms with Crippen LogP contribution in [0.3, 0.4) is 0 Å². The predicted molar refractivity (Wildman–Crippen MR) is 64.6 cm³/mol. The molecule has 0 spiro atoms. The van der Waals surface area contributed by atoms with Crippen molar-refractivity contribution in [3.05, 3.63) is 0 Å². The van der Waals surface area contributed by atoms with Gasteiger partial charge in [-0.05, 0) is 25.7 Å². The van der Waals surface area contributed by atoms with Gasteiger partial charge in [0.2, 0.25) is 0 Å². The lowest BCUT2D eigenvalue weighted by molar-refractivity contribution is -0.157. The van der Waals surface area contributed by atoms with Gasteiger partial charge in [0.15, 0.2) is 0 Å². The second-order valence-corrected chi connectivity index (χ2v) is 5.05. The Morgan fingerprint density at radius 3 is 2.76 bits per heavy atom. The van der Waals surface area contributed by atoms with Gasteiger partial charge in [0, 0.05) is 19.2 Å². The van der Waals surface area contributed by atoms with E-state index in [1.165, 1.54) is 19.3 Å². The SMILES string of the molecule is O=C1C(CCCO)OCCN1C1CCCCC1. The van der Waals surface area contributed by atoms with Crippen molar-refractivity contribution in [2.45, 2.75) is 57.1 Å². The van der Waals surface area contributed by atoms with Crippen molar-refractivity contribution in [3.63, 3.8) is 0 Å². The van der Waals surface area contributed by atoms with Crippen LogP contribution in [-0.4, -0.2) is 47.8 Å². The van der Waals surface area contributed by atoms with Gasteiger partial charge in [-0.3, -0.25) is 4.79 Å². The maximum Gasteiger partial charge on any atom is 0.252 e. The molecule has 0 bridgehead atoms. The molecule has 1 saturated carbocycles. The fourth-order valence-electron chi connectivity index (χ4n) is 2.90. The van der Waals surface area contributed by atoms with Crippen molar-refractivity contribution >= 4 is 5.91 Å². The van der Waals surface area contributed by atoms with E-state index in [0.717, 1.165) is 19.4 Å². The topological polar surface area (TPSA) is 49.8 Å². The summed E-state index contributed by atoms with van der Waals surface area (Å²) in [5.41, 5.74) is 0. The van der Waals surface area contributed by atoms with Crippen molar-refractivity contribution in [3.8, 4) is 0 Å². The van der Waals surface area contributed by atoms with E-state index in [2.05, 4.69) is 0 Å². The maximum atomic E-state index is 12.2. The first-order chi connectivity index (χ1) is 8.33. The molecule has 4 heteroatoms. The third kappa shape index (κ3) is 3.19. The molecule has 4 nitrogen and oxygen atoms in total. The van der Waals surface area contributed by atoms with Crippen LogP contribution in [0.5, 0.6) is 0 Å². The van der Waals surface area contributed by atoms with E-state index in [-0.39, 0.29) is 18.6 Å². The number of hydrogen-bond acceptors (Lipinski definition) is 3. The number of amides is 1. The zero-order chi connectivity index (χ0) is 12.1. The molecule has 1 aliphatic heterocycles. The normalized spacial score (nSPS) is 27.5. The van der Waals surface area contributed by atoms with E-state index in [1.807, 2.05) is 4.90 Å². The van der Waals surface area contributed by atoms with Crippen LogP contribution < -0.4 is 0 Å². The minimum Gasteiger partial charge on any atom is -0.396 e. The Bertz CT molecular complexity index is 251. The number of carbonyl (C=O) groups excluding carboxylic acids is 1. The van der Waals surface area contributed by atoms with Gasteiger partial charge in [-0.25, -0.2) is 0 Å². The number of hydrogen-bond donors (Lipinski definition) is 1. The lowest BCUT2D eigenvalue weighted by atomic mass is 9.93. The van der Waals surface area contributed by atoms with Gasteiger partial charge >= 0.3 is 0 Å². The smallest absolute Gasteiger partial charge is 0.252 e. The highest BCUT2D eigenvalue weighted by atomic mass is 16.5. The number of carbonyl (C=O) groups is 1. The van der Waals surface area contributed by atoms with Crippen LogP contribution in [0.25, 0.3) is 0 Å². The number of aliphatic hydroxyl groups excluding tert-OH is 1. The Hall–Kier alpha value is -0.610. The monoisotopic (exact) mass is 241 g/mol. The summed E-state index contributed by atoms with van der Waals surface area (Å²) < 4.78 is 5.51. The quantitative estimate of drug-likeness (QED) is 0.807. The van der Waals surface area contributed by atoms with Crippen molar-refractivity contribution < 1.29 is 14.6 Å². The second kappa shape index (κ2) is 6.36. The molecular weight excluding hydrogens is 218 g/mol. The van der Waals surface area contributed by atoms with Crippen molar-refractivity contribution in [1.82, 2.24) is 4.90 Å². The molecule has 2 aliphatic rings. The third-order valence-corrected chi connectivity index (χ3v) is 3.85. The summed E-state index contributed by atoms with van der Waals surface area (Å²) in [6, 6.07) is 0.441. The minimum absolute atomic E-state index is 0.135. The molecule has 1 N–H and O–H groups in total. The number of aliphatic hydroxyl groups is 1. The maximum absolute atomic E-state index is 12.2. The summed E-state index contributed by atoms with van der Waals surface area (Å²) in [5, 5.41) is 8.82. The van der Waals surface area contributed by atoms with Gasteiger partial charge in [0.05, 0.1) is 6.61 Å². The first-order valence-corrected chi connectivity index (χ1v) is 6.86. The molecule has 0 aromatic rings. The zero-order valence-corrected chi connectivity index (χ0v) is 10.4. The summed E-state index contributed by atoms with van der Waals surface area (Å²) in [6.07, 6.45) is 7.10. The molecule has 0 aromatic carbocycles. The number of nitrogens with zero attached hydrogens (tertiary/aromatic N) is 1. The highest BCUT2D eigenvalue weighted by Gasteiger charge is 2.33. The number of ether oxygens (including phenoxy) is 1. The average molecular weight is 241 g/mol. The summed E-state index contributed by atoms with van der Waals surface area (Å²) in [6.45, 7) is 1.54. The molecular formula is C13H23NO3. The number of rotatable bonds is 4. The number of morpholine rings is 1. The van der Waals surface area contributed by atoms with Crippen LogP contribution in [0.1, 0.15) is 44.9 Å². The first-order valence-electron chi connectivity index (χ1n) is 6.86. The average Bonchev–Trinajstić information content (AvgIpc) is 2.39. The molecule has 0 aromatic heterocycles. The van der Waals surface area contributed by atoms with Crippen LogP contribution in [0, 0.1) is 0 Å². The molecule has 98 valence electrons. The van der Waals surface area contributed by atoms with Gasteiger partial charge in [-0.15, -0.1) is 0 Å². The molecule has 2 rings (SSSR count). The molecule has 1 saturated heterocycles. The van der Waals surface area contributed by atoms with E-state index < -0.39 is 0 Å². The van der Waals surface area contributed by atoms with E-state index in [4.69, 9.17) is 9.84 Å². The van der Waals surface area contributed by atoms with Crippen molar-refractivity contribution in [1.29, 1.82) is 0 Å². The van der Waals surface area contributed by atoms with Crippen LogP contribution in [0.15, 0.2) is 0 Å². The Morgan fingerprint density at radius 1 is 1.29 bits per heavy atom. The molecule has 1 amide bonds. The van der Waals surface area contributed by atoms with Crippen LogP contribution in [-0.2, 0) is 9.53 Å². The van der Waals surface area contributed by atoms with Crippen LogP contribution in [0.2, 0.25) is 0 Å². The van der Waals surface area contributed by atoms with Crippen molar-refractivity contribution in [2.24, 2.45) is 0 Å². The summed E-state index contributed by atoms with van der Waals surface area (Å²) in [5.74, 6) is 0.150. The zero-order valence-electron chi connectivity index (χ0n) is 10.4. The van der Waals surface area contributed by atoms with Crippen LogP contribution >= 0.6 is 0 Å². The van der Waals surface area contributed by atoms with Gasteiger partial charge in [0.25, 0.3) is 5.91 Å². The van der Waals surface area contributed by atoms with Gasteiger partial charge in [-0.2, -0.15) is 0 Å². The Kier molecular flexibility index (Phi) is 4.80. The highest BCUT2D eigenvalue weighted by Crippen LogP contribution is 2.25. The van der Waals surface area contributed by atoms with Crippen LogP contribution in [0.4, 0.5) is 0 Å². The lowest BCUT2D eigenvalue weighted by Gasteiger charge is -2.39. The van der Waals surface area contributed by atoms with E-state index >= 15 is 0 Å². The molecule has 0 radical (unpaired) electrons.